The van der Waals surface area contributed by atoms with Gasteiger partial charge in [-0.25, -0.2) is 8.42 Å². The average Bonchev–Trinajstić information content (AvgIpc) is 2.48. The van der Waals surface area contributed by atoms with Crippen molar-refractivity contribution in [2.45, 2.75) is 24.8 Å². The van der Waals surface area contributed by atoms with Gasteiger partial charge in [0.2, 0.25) is 0 Å². The molecule has 3 N–H and O–H groups in total. The molecule has 2 rings (SSSR count). The van der Waals surface area contributed by atoms with Crippen molar-refractivity contribution in [1.82, 2.24) is 0 Å². The lowest BCUT2D eigenvalue weighted by atomic mass is 10.1. The number of nitrogens with one attached hydrogen (secondary N) is 1. The van der Waals surface area contributed by atoms with Crippen LogP contribution in [0.2, 0.25) is 0 Å². The standard InChI is InChI=1S/C15H17IN2O2S/c1-2-12-8-7-11(10-17)9-15(12)21(19,20)18-14-6-4-3-5-13(14)16/h3-9,18H,2,10,17H2,1H3. The van der Waals surface area contributed by atoms with Crippen molar-refractivity contribution >= 4 is 38.3 Å². The van der Waals surface area contributed by atoms with Crippen LogP contribution in [0.4, 0.5) is 5.69 Å². The highest BCUT2D eigenvalue weighted by Crippen LogP contribution is 2.24. The molecule has 0 aliphatic rings. The van der Waals surface area contributed by atoms with Crippen LogP contribution in [0.3, 0.4) is 0 Å². The van der Waals surface area contributed by atoms with E-state index in [1.54, 1.807) is 18.2 Å². The fraction of sp³-hybridized carbons (Fsp3) is 0.200. The Morgan fingerprint density at radius 1 is 1.19 bits per heavy atom. The summed E-state index contributed by atoms with van der Waals surface area (Å²) in [7, 11) is -3.62. The molecule has 0 amide bonds. The SMILES string of the molecule is CCc1ccc(CN)cc1S(=O)(=O)Nc1ccccc1I. The first kappa shape index (κ1) is 16.3. The molecule has 4 nitrogen and oxygen atoms in total. The summed E-state index contributed by atoms with van der Waals surface area (Å²) >= 11 is 2.10. The average molecular weight is 416 g/mol. The molecule has 0 fully saturated rings. The van der Waals surface area contributed by atoms with Crippen molar-refractivity contribution in [3.05, 3.63) is 57.2 Å². The van der Waals surface area contributed by atoms with Gasteiger partial charge in [0, 0.05) is 10.1 Å². The van der Waals surface area contributed by atoms with Crippen molar-refractivity contribution < 1.29 is 8.42 Å². The van der Waals surface area contributed by atoms with Gasteiger partial charge >= 0.3 is 0 Å². The van der Waals surface area contributed by atoms with Crippen LogP contribution in [0.5, 0.6) is 0 Å². The Morgan fingerprint density at radius 3 is 2.52 bits per heavy atom. The fourth-order valence-electron chi connectivity index (χ4n) is 2.01. The van der Waals surface area contributed by atoms with E-state index < -0.39 is 10.0 Å². The summed E-state index contributed by atoms with van der Waals surface area (Å²) in [6.45, 7) is 2.25. The van der Waals surface area contributed by atoms with Crippen molar-refractivity contribution in [3.8, 4) is 0 Å². The molecule has 0 saturated carbocycles. The minimum absolute atomic E-state index is 0.299. The molecule has 0 saturated heterocycles. The maximum atomic E-state index is 12.6. The minimum atomic E-state index is -3.62. The zero-order valence-corrected chi connectivity index (χ0v) is 14.6. The second-order valence-electron chi connectivity index (χ2n) is 4.59. The molecule has 21 heavy (non-hydrogen) atoms. The van der Waals surface area contributed by atoms with Crippen molar-refractivity contribution in [1.29, 1.82) is 0 Å². The van der Waals surface area contributed by atoms with Crippen LogP contribution >= 0.6 is 22.6 Å². The number of benzene rings is 2. The van der Waals surface area contributed by atoms with Crippen LogP contribution in [-0.2, 0) is 23.0 Å². The van der Waals surface area contributed by atoms with Crippen molar-refractivity contribution in [2.75, 3.05) is 4.72 Å². The van der Waals surface area contributed by atoms with E-state index in [1.165, 1.54) is 0 Å². The third-order valence-electron chi connectivity index (χ3n) is 3.16. The summed E-state index contributed by atoms with van der Waals surface area (Å²) in [5.41, 5.74) is 7.78. The van der Waals surface area contributed by atoms with Gasteiger partial charge in [0.1, 0.15) is 0 Å². The Bertz CT molecular complexity index is 745. The number of hydrogen-bond donors (Lipinski definition) is 2. The fourth-order valence-corrected chi connectivity index (χ4v) is 4.16. The van der Waals surface area contributed by atoms with E-state index in [0.29, 0.717) is 23.5 Å². The number of halogens is 1. The summed E-state index contributed by atoms with van der Waals surface area (Å²) in [6.07, 6.45) is 0.646. The summed E-state index contributed by atoms with van der Waals surface area (Å²) < 4.78 is 28.8. The van der Waals surface area contributed by atoms with Gasteiger partial charge in [-0.05, 0) is 58.3 Å². The third kappa shape index (κ3) is 3.75. The highest BCUT2D eigenvalue weighted by Gasteiger charge is 2.19. The number of nitrogens with two attached hydrogens (primary N) is 1. The van der Waals surface area contributed by atoms with Crippen LogP contribution in [0, 0.1) is 3.57 Å². The molecule has 112 valence electrons. The third-order valence-corrected chi connectivity index (χ3v) is 5.54. The highest BCUT2D eigenvalue weighted by molar-refractivity contribution is 14.1. The molecule has 0 aromatic heterocycles. The Kier molecular flexibility index (Phi) is 5.23. The van der Waals surface area contributed by atoms with Crippen LogP contribution in [0.1, 0.15) is 18.1 Å². The predicted molar refractivity (Wildman–Crippen MR) is 93.7 cm³/mol. The molecule has 0 heterocycles. The maximum absolute atomic E-state index is 12.6. The summed E-state index contributed by atoms with van der Waals surface area (Å²) in [6, 6.07) is 12.6. The molecule has 2 aromatic rings. The van der Waals surface area contributed by atoms with Gasteiger partial charge in [0.25, 0.3) is 10.0 Å². The van der Waals surface area contributed by atoms with Gasteiger partial charge in [0.15, 0.2) is 0 Å². The second kappa shape index (κ2) is 6.76. The smallest absolute Gasteiger partial charge is 0.262 e. The Balaban J connectivity index is 2.46. The van der Waals surface area contributed by atoms with E-state index in [1.807, 2.05) is 31.2 Å². The lowest BCUT2D eigenvalue weighted by Crippen LogP contribution is -2.16. The van der Waals surface area contributed by atoms with Gasteiger partial charge in [0.05, 0.1) is 10.6 Å². The number of anilines is 1. The largest absolute Gasteiger partial charge is 0.326 e. The molecule has 0 unspecified atom stereocenters. The van der Waals surface area contributed by atoms with Gasteiger partial charge in [-0.2, -0.15) is 0 Å². The van der Waals surface area contributed by atoms with Gasteiger partial charge < -0.3 is 5.73 Å². The van der Waals surface area contributed by atoms with Crippen LogP contribution in [0.25, 0.3) is 0 Å². The van der Waals surface area contributed by atoms with Gasteiger partial charge in [-0.1, -0.05) is 31.2 Å². The van der Waals surface area contributed by atoms with E-state index in [-0.39, 0.29) is 0 Å². The van der Waals surface area contributed by atoms with E-state index in [4.69, 9.17) is 5.73 Å². The predicted octanol–water partition coefficient (Wildman–Crippen LogP) is 3.11. The normalized spacial score (nSPS) is 11.4. The Morgan fingerprint density at radius 2 is 1.90 bits per heavy atom. The van der Waals surface area contributed by atoms with E-state index >= 15 is 0 Å². The van der Waals surface area contributed by atoms with E-state index in [0.717, 1.165) is 14.7 Å². The zero-order valence-electron chi connectivity index (χ0n) is 11.6. The lowest BCUT2D eigenvalue weighted by Gasteiger charge is -2.13. The van der Waals surface area contributed by atoms with Gasteiger partial charge in [-0.3, -0.25) is 4.72 Å². The van der Waals surface area contributed by atoms with Crippen molar-refractivity contribution in [3.63, 3.8) is 0 Å². The van der Waals surface area contributed by atoms with E-state index in [9.17, 15) is 8.42 Å². The first-order valence-electron chi connectivity index (χ1n) is 6.57. The first-order valence-corrected chi connectivity index (χ1v) is 9.13. The summed E-state index contributed by atoms with van der Waals surface area (Å²) in [5, 5.41) is 0. The number of rotatable bonds is 5. The van der Waals surface area contributed by atoms with Crippen molar-refractivity contribution in [2.24, 2.45) is 5.73 Å². The highest BCUT2D eigenvalue weighted by atomic mass is 127. The molecule has 0 atom stereocenters. The lowest BCUT2D eigenvalue weighted by molar-refractivity contribution is 0.600. The molecule has 2 aromatic carbocycles. The topological polar surface area (TPSA) is 72.2 Å². The quantitative estimate of drug-likeness (QED) is 0.736. The summed E-state index contributed by atoms with van der Waals surface area (Å²) in [5.74, 6) is 0. The monoisotopic (exact) mass is 416 g/mol. The number of hydrogen-bond acceptors (Lipinski definition) is 3. The Hall–Kier alpha value is -1.12. The molecule has 0 spiro atoms. The summed E-state index contributed by atoms with van der Waals surface area (Å²) in [4.78, 5) is 0.299. The van der Waals surface area contributed by atoms with E-state index in [2.05, 4.69) is 27.3 Å². The molecule has 0 bridgehead atoms. The number of sulfonamides is 1. The van der Waals surface area contributed by atoms with Crippen LogP contribution in [0.15, 0.2) is 47.4 Å². The molecular weight excluding hydrogens is 399 g/mol. The molecule has 0 aliphatic carbocycles. The maximum Gasteiger partial charge on any atom is 0.262 e. The molecule has 0 radical (unpaired) electrons. The molecule has 0 aliphatic heterocycles. The van der Waals surface area contributed by atoms with Crippen LogP contribution in [-0.4, -0.2) is 8.42 Å². The molecule has 6 heteroatoms. The van der Waals surface area contributed by atoms with Gasteiger partial charge in [-0.15, -0.1) is 0 Å². The minimum Gasteiger partial charge on any atom is -0.326 e. The number of para-hydroxylation sites is 1. The molecular formula is C15H17IN2O2S. The second-order valence-corrected chi connectivity index (χ2v) is 7.40. The number of aryl methyl sites for hydroxylation is 1. The zero-order chi connectivity index (χ0) is 15.5. The van der Waals surface area contributed by atoms with Crippen LogP contribution < -0.4 is 10.5 Å². The first-order chi connectivity index (χ1) is 9.97. The Labute approximate surface area is 138 Å².